The molecule has 0 radical (unpaired) electrons. The highest BCUT2D eigenvalue weighted by molar-refractivity contribution is 6.00. The van der Waals surface area contributed by atoms with Gasteiger partial charge in [-0.25, -0.2) is 0 Å². The van der Waals surface area contributed by atoms with Gasteiger partial charge in [0.15, 0.2) is 6.61 Å². The highest BCUT2D eigenvalue weighted by atomic mass is 16.5. The zero-order chi connectivity index (χ0) is 20.8. The molecule has 0 aliphatic carbocycles. The van der Waals surface area contributed by atoms with Gasteiger partial charge in [-0.05, 0) is 48.4 Å². The predicted octanol–water partition coefficient (Wildman–Crippen LogP) is 2.66. The number of carbonyl (C=O) groups excluding carboxylic acids is 3. The molecule has 3 rings (SSSR count). The summed E-state index contributed by atoms with van der Waals surface area (Å²) in [5.74, 6) is -1.80. The van der Waals surface area contributed by atoms with Crippen LogP contribution in [-0.4, -0.2) is 30.9 Å². The number of nitriles is 1. The van der Waals surface area contributed by atoms with E-state index in [4.69, 9.17) is 10.00 Å². The topological polar surface area (TPSA) is 99.5 Å². The van der Waals surface area contributed by atoms with Gasteiger partial charge in [-0.3, -0.25) is 14.4 Å². The van der Waals surface area contributed by atoms with Crippen molar-refractivity contribution in [1.82, 2.24) is 0 Å². The third kappa shape index (κ3) is 4.99. The summed E-state index contributed by atoms with van der Waals surface area (Å²) in [5.41, 5.74) is 2.91. The van der Waals surface area contributed by atoms with Gasteiger partial charge in [0, 0.05) is 24.3 Å². The third-order valence-corrected chi connectivity index (χ3v) is 4.76. The van der Waals surface area contributed by atoms with E-state index in [1.807, 2.05) is 30.3 Å². The van der Waals surface area contributed by atoms with E-state index in [1.165, 1.54) is 5.56 Å². The average molecular weight is 391 g/mol. The van der Waals surface area contributed by atoms with E-state index >= 15 is 0 Å². The van der Waals surface area contributed by atoms with E-state index in [9.17, 15) is 14.4 Å². The van der Waals surface area contributed by atoms with Gasteiger partial charge in [0.1, 0.15) is 0 Å². The molecular formula is C22H21N3O4. The van der Waals surface area contributed by atoms with Gasteiger partial charge in [-0.1, -0.05) is 19.1 Å². The highest BCUT2D eigenvalue weighted by Gasteiger charge is 2.36. The maximum atomic E-state index is 12.3. The number of rotatable bonds is 6. The van der Waals surface area contributed by atoms with Crippen LogP contribution in [0.2, 0.25) is 0 Å². The fourth-order valence-corrected chi connectivity index (χ4v) is 3.11. The third-order valence-electron chi connectivity index (χ3n) is 4.76. The first kappa shape index (κ1) is 20.1. The standard InChI is InChI=1S/C22H21N3O4/c1-2-15-5-9-19(10-6-15)25-13-17(11-21(25)27)22(28)29-14-20(26)24-18-7-3-16(12-23)4-8-18/h3-10,17H,2,11,13-14H2,1H3,(H,24,26)/t17-/m1/s1. The van der Waals surface area contributed by atoms with E-state index in [-0.39, 0.29) is 18.9 Å². The lowest BCUT2D eigenvalue weighted by molar-refractivity contribution is -0.151. The highest BCUT2D eigenvalue weighted by Crippen LogP contribution is 2.26. The van der Waals surface area contributed by atoms with Crippen LogP contribution in [-0.2, 0) is 25.5 Å². The molecule has 0 unspecified atom stereocenters. The Hall–Kier alpha value is -3.66. The van der Waals surface area contributed by atoms with Crippen LogP contribution in [0.15, 0.2) is 48.5 Å². The Balaban J connectivity index is 1.50. The average Bonchev–Trinajstić information content (AvgIpc) is 3.14. The summed E-state index contributed by atoms with van der Waals surface area (Å²) < 4.78 is 5.09. The lowest BCUT2D eigenvalue weighted by Crippen LogP contribution is -2.28. The molecule has 1 atom stereocenters. The number of ether oxygens (including phenoxy) is 1. The molecule has 0 aromatic heterocycles. The zero-order valence-corrected chi connectivity index (χ0v) is 16.1. The minimum Gasteiger partial charge on any atom is -0.455 e. The second-order valence-corrected chi connectivity index (χ2v) is 6.77. The number of amides is 2. The van der Waals surface area contributed by atoms with Crippen molar-refractivity contribution in [2.75, 3.05) is 23.4 Å². The zero-order valence-electron chi connectivity index (χ0n) is 16.1. The van der Waals surface area contributed by atoms with Crippen molar-refractivity contribution >= 4 is 29.2 Å². The number of benzene rings is 2. The van der Waals surface area contributed by atoms with Gasteiger partial charge in [-0.15, -0.1) is 0 Å². The molecule has 2 aromatic carbocycles. The summed E-state index contributed by atoms with van der Waals surface area (Å²) in [6.07, 6.45) is 0.972. The molecule has 29 heavy (non-hydrogen) atoms. The minimum absolute atomic E-state index is 0.0611. The van der Waals surface area contributed by atoms with Crippen LogP contribution in [0.4, 0.5) is 11.4 Å². The van der Waals surface area contributed by atoms with Crippen molar-refractivity contribution in [2.24, 2.45) is 5.92 Å². The van der Waals surface area contributed by atoms with Crippen molar-refractivity contribution in [1.29, 1.82) is 5.26 Å². The van der Waals surface area contributed by atoms with Crippen LogP contribution in [0.5, 0.6) is 0 Å². The molecule has 1 aliphatic heterocycles. The maximum Gasteiger partial charge on any atom is 0.311 e. The molecule has 0 bridgehead atoms. The number of aryl methyl sites for hydroxylation is 1. The monoisotopic (exact) mass is 391 g/mol. The van der Waals surface area contributed by atoms with Crippen LogP contribution in [0.3, 0.4) is 0 Å². The predicted molar refractivity (Wildman–Crippen MR) is 107 cm³/mol. The summed E-state index contributed by atoms with van der Waals surface area (Å²) in [4.78, 5) is 38.1. The number of esters is 1. The fraction of sp³-hybridized carbons (Fsp3) is 0.273. The maximum absolute atomic E-state index is 12.3. The van der Waals surface area contributed by atoms with Crippen LogP contribution in [0.1, 0.15) is 24.5 Å². The summed E-state index contributed by atoms with van der Waals surface area (Å²) in [7, 11) is 0. The van der Waals surface area contributed by atoms with Crippen molar-refractivity contribution in [3.8, 4) is 6.07 Å². The van der Waals surface area contributed by atoms with Crippen LogP contribution in [0, 0.1) is 17.2 Å². The number of hydrogen-bond donors (Lipinski definition) is 1. The first-order valence-corrected chi connectivity index (χ1v) is 9.36. The van der Waals surface area contributed by atoms with Crippen LogP contribution in [0.25, 0.3) is 0 Å². The number of hydrogen-bond acceptors (Lipinski definition) is 5. The Morgan fingerprint density at radius 3 is 2.48 bits per heavy atom. The molecule has 2 amide bonds. The van der Waals surface area contributed by atoms with E-state index in [0.717, 1.165) is 12.1 Å². The van der Waals surface area contributed by atoms with Crippen molar-refractivity contribution in [3.05, 3.63) is 59.7 Å². The van der Waals surface area contributed by atoms with E-state index < -0.39 is 24.4 Å². The van der Waals surface area contributed by atoms with E-state index in [1.54, 1.807) is 29.2 Å². The van der Waals surface area contributed by atoms with Gasteiger partial charge >= 0.3 is 5.97 Å². The molecule has 1 aliphatic rings. The SMILES string of the molecule is CCc1ccc(N2C[C@H](C(=O)OCC(=O)Nc3ccc(C#N)cc3)CC2=O)cc1. The Morgan fingerprint density at radius 1 is 1.17 bits per heavy atom. The smallest absolute Gasteiger partial charge is 0.311 e. The molecule has 148 valence electrons. The lowest BCUT2D eigenvalue weighted by Gasteiger charge is -2.17. The second kappa shape index (κ2) is 9.02. The Morgan fingerprint density at radius 2 is 1.86 bits per heavy atom. The van der Waals surface area contributed by atoms with Gasteiger partial charge in [0.2, 0.25) is 5.91 Å². The van der Waals surface area contributed by atoms with Gasteiger partial charge in [0.05, 0.1) is 17.6 Å². The first-order valence-electron chi connectivity index (χ1n) is 9.36. The summed E-state index contributed by atoms with van der Waals surface area (Å²) in [5, 5.41) is 11.4. The van der Waals surface area contributed by atoms with Crippen LogP contribution < -0.4 is 10.2 Å². The van der Waals surface area contributed by atoms with Crippen molar-refractivity contribution < 1.29 is 19.1 Å². The Kier molecular flexibility index (Phi) is 6.25. The summed E-state index contributed by atoms with van der Waals surface area (Å²) >= 11 is 0. The molecule has 2 aromatic rings. The molecule has 0 spiro atoms. The number of nitrogens with zero attached hydrogens (tertiary/aromatic N) is 2. The van der Waals surface area contributed by atoms with Crippen LogP contribution >= 0.6 is 0 Å². The quantitative estimate of drug-likeness (QED) is 0.763. The fourth-order valence-electron chi connectivity index (χ4n) is 3.11. The molecule has 1 fully saturated rings. The molecule has 7 nitrogen and oxygen atoms in total. The molecule has 7 heteroatoms. The van der Waals surface area contributed by atoms with Gasteiger partial charge in [0.25, 0.3) is 5.91 Å². The largest absolute Gasteiger partial charge is 0.455 e. The Bertz CT molecular complexity index is 946. The summed E-state index contributed by atoms with van der Waals surface area (Å²) in [6, 6.07) is 16.0. The second-order valence-electron chi connectivity index (χ2n) is 6.77. The van der Waals surface area contributed by atoms with E-state index in [2.05, 4.69) is 12.2 Å². The molecule has 0 saturated carbocycles. The van der Waals surface area contributed by atoms with E-state index in [0.29, 0.717) is 11.3 Å². The number of nitrogens with one attached hydrogen (secondary N) is 1. The summed E-state index contributed by atoms with van der Waals surface area (Å²) in [6.45, 7) is 1.86. The van der Waals surface area contributed by atoms with Gasteiger partial charge in [-0.2, -0.15) is 5.26 Å². The lowest BCUT2D eigenvalue weighted by atomic mass is 10.1. The Labute approximate surface area is 168 Å². The number of carbonyl (C=O) groups is 3. The molecule has 1 N–H and O–H groups in total. The first-order chi connectivity index (χ1) is 14.0. The van der Waals surface area contributed by atoms with Crippen molar-refractivity contribution in [3.63, 3.8) is 0 Å². The number of anilines is 2. The normalized spacial score (nSPS) is 15.7. The van der Waals surface area contributed by atoms with Gasteiger partial charge < -0.3 is 15.0 Å². The van der Waals surface area contributed by atoms with Crippen molar-refractivity contribution in [2.45, 2.75) is 19.8 Å². The minimum atomic E-state index is -0.601. The molecule has 1 heterocycles. The molecule has 1 saturated heterocycles. The molecular weight excluding hydrogens is 370 g/mol.